The van der Waals surface area contributed by atoms with E-state index in [9.17, 15) is 18.0 Å². The van der Waals surface area contributed by atoms with Crippen LogP contribution in [0.4, 0.5) is 11.4 Å². The van der Waals surface area contributed by atoms with Gasteiger partial charge in [-0.05, 0) is 43.5 Å². The highest BCUT2D eigenvalue weighted by Gasteiger charge is 2.37. The topological polar surface area (TPSA) is 99.2 Å². The normalized spacial score (nSPS) is 24.4. The average molecular weight is 404 g/mol. The summed E-state index contributed by atoms with van der Waals surface area (Å²) in [4.78, 5) is 27.1. The van der Waals surface area contributed by atoms with Crippen molar-refractivity contribution in [2.75, 3.05) is 34.8 Å². The van der Waals surface area contributed by atoms with Gasteiger partial charge in [0.05, 0.1) is 17.5 Å². The Kier molecular flexibility index (Phi) is 5.09. The average Bonchev–Trinajstić information content (AvgIpc) is 3.32. The Labute approximate surface area is 164 Å². The number of nitrogens with zero attached hydrogens (tertiary/aromatic N) is 3. The first-order chi connectivity index (χ1) is 13.4. The van der Waals surface area contributed by atoms with Gasteiger partial charge in [0.2, 0.25) is 5.91 Å². The van der Waals surface area contributed by atoms with Gasteiger partial charge in [-0.25, -0.2) is 13.4 Å². The molecule has 0 unspecified atom stereocenters. The first kappa shape index (κ1) is 18.9. The van der Waals surface area contributed by atoms with Gasteiger partial charge < -0.3 is 10.2 Å². The van der Waals surface area contributed by atoms with Crippen LogP contribution >= 0.6 is 0 Å². The molecule has 1 atom stereocenters. The van der Waals surface area contributed by atoms with E-state index in [1.165, 1.54) is 17.9 Å². The third-order valence-electron chi connectivity index (χ3n) is 5.47. The molecule has 8 nitrogen and oxygen atoms in total. The lowest BCUT2D eigenvalue weighted by Gasteiger charge is -2.27. The first-order valence-electron chi connectivity index (χ1n) is 9.68. The summed E-state index contributed by atoms with van der Waals surface area (Å²) >= 11 is 0. The number of benzene rings is 1. The Morgan fingerprint density at radius 2 is 1.82 bits per heavy atom. The van der Waals surface area contributed by atoms with Gasteiger partial charge in [0, 0.05) is 37.3 Å². The quantitative estimate of drug-likeness (QED) is 0.818. The molecule has 150 valence electrons. The molecule has 3 aliphatic heterocycles. The molecule has 1 N–H and O–H groups in total. The van der Waals surface area contributed by atoms with E-state index < -0.39 is 15.9 Å². The van der Waals surface area contributed by atoms with E-state index in [4.69, 9.17) is 0 Å². The Hall–Kier alpha value is -2.42. The van der Waals surface area contributed by atoms with Crippen molar-refractivity contribution in [2.45, 2.75) is 38.1 Å². The van der Waals surface area contributed by atoms with Gasteiger partial charge in [-0.3, -0.25) is 9.59 Å². The van der Waals surface area contributed by atoms with Crippen LogP contribution in [0.2, 0.25) is 0 Å². The van der Waals surface area contributed by atoms with E-state index in [2.05, 4.69) is 15.3 Å². The van der Waals surface area contributed by atoms with E-state index in [0.717, 1.165) is 18.8 Å². The van der Waals surface area contributed by atoms with E-state index in [-0.39, 0.29) is 41.9 Å². The highest BCUT2D eigenvalue weighted by molar-refractivity contribution is 7.91. The van der Waals surface area contributed by atoms with E-state index >= 15 is 0 Å². The second-order valence-electron chi connectivity index (χ2n) is 7.54. The van der Waals surface area contributed by atoms with Crippen molar-refractivity contribution in [1.82, 2.24) is 5.01 Å². The number of amides is 2. The molecule has 3 aliphatic rings. The predicted octanol–water partition coefficient (Wildman–Crippen LogP) is 1.39. The smallest absolute Gasteiger partial charge is 0.271 e. The number of sulfone groups is 1. The maximum atomic E-state index is 12.6. The van der Waals surface area contributed by atoms with Gasteiger partial charge in [0.15, 0.2) is 9.84 Å². The Morgan fingerprint density at radius 3 is 2.46 bits per heavy atom. The molecule has 2 amide bonds. The zero-order chi connectivity index (χ0) is 19.7. The zero-order valence-electron chi connectivity index (χ0n) is 15.6. The molecule has 9 heteroatoms. The Bertz CT molecular complexity index is 904. The van der Waals surface area contributed by atoms with Gasteiger partial charge in [0.25, 0.3) is 5.91 Å². The Balaban J connectivity index is 1.43. The maximum absolute atomic E-state index is 12.6. The SMILES string of the molecule is O=C(Nc1ccc(N2CCCC2)cc1)C1=NN([C@@H]2CCS(=O)(=O)C2)C(=O)CC1. The summed E-state index contributed by atoms with van der Waals surface area (Å²) in [6.07, 6.45) is 3.19. The molecule has 0 bridgehead atoms. The monoisotopic (exact) mass is 404 g/mol. The molecule has 0 saturated carbocycles. The minimum Gasteiger partial charge on any atom is -0.372 e. The highest BCUT2D eigenvalue weighted by Crippen LogP contribution is 2.24. The number of hydrazone groups is 1. The molecule has 3 heterocycles. The summed E-state index contributed by atoms with van der Waals surface area (Å²) in [6, 6.07) is 7.23. The van der Waals surface area contributed by atoms with Crippen LogP contribution in [-0.4, -0.2) is 61.6 Å². The number of hydrogen-bond acceptors (Lipinski definition) is 6. The second-order valence-corrected chi connectivity index (χ2v) is 9.77. The molecule has 0 aromatic heterocycles. The summed E-state index contributed by atoms with van der Waals surface area (Å²) in [5.41, 5.74) is 2.07. The highest BCUT2D eigenvalue weighted by atomic mass is 32.2. The third kappa shape index (κ3) is 4.04. The molecule has 28 heavy (non-hydrogen) atoms. The zero-order valence-corrected chi connectivity index (χ0v) is 16.5. The number of anilines is 2. The lowest BCUT2D eigenvalue weighted by atomic mass is 10.1. The van der Waals surface area contributed by atoms with Crippen molar-refractivity contribution >= 4 is 38.7 Å². The van der Waals surface area contributed by atoms with E-state index in [0.29, 0.717) is 12.1 Å². The van der Waals surface area contributed by atoms with Crippen LogP contribution < -0.4 is 10.2 Å². The van der Waals surface area contributed by atoms with Gasteiger partial charge in [-0.1, -0.05) is 0 Å². The fourth-order valence-corrected chi connectivity index (χ4v) is 5.61. The van der Waals surface area contributed by atoms with Gasteiger partial charge in [-0.2, -0.15) is 5.10 Å². The van der Waals surface area contributed by atoms with Crippen molar-refractivity contribution in [3.63, 3.8) is 0 Å². The van der Waals surface area contributed by atoms with E-state index in [1.54, 1.807) is 0 Å². The van der Waals surface area contributed by atoms with Crippen molar-refractivity contribution in [3.05, 3.63) is 24.3 Å². The van der Waals surface area contributed by atoms with Crippen LogP contribution in [0.25, 0.3) is 0 Å². The summed E-state index contributed by atoms with van der Waals surface area (Å²) in [5, 5.41) is 8.24. The first-order valence-corrected chi connectivity index (χ1v) is 11.5. The largest absolute Gasteiger partial charge is 0.372 e. The molecule has 0 aliphatic carbocycles. The fraction of sp³-hybridized carbons (Fsp3) is 0.526. The van der Waals surface area contributed by atoms with Crippen LogP contribution in [0.15, 0.2) is 29.4 Å². The lowest BCUT2D eigenvalue weighted by Crippen LogP contribution is -2.42. The number of carbonyl (C=O) groups is 2. The third-order valence-corrected chi connectivity index (χ3v) is 7.22. The van der Waals surface area contributed by atoms with Crippen molar-refractivity contribution in [2.24, 2.45) is 5.10 Å². The van der Waals surface area contributed by atoms with Crippen LogP contribution in [0, 0.1) is 0 Å². The fourth-order valence-electron chi connectivity index (χ4n) is 3.92. The van der Waals surface area contributed by atoms with Gasteiger partial charge in [0.1, 0.15) is 5.71 Å². The molecule has 0 spiro atoms. The lowest BCUT2D eigenvalue weighted by molar-refractivity contribution is -0.133. The predicted molar refractivity (Wildman–Crippen MR) is 107 cm³/mol. The molecular formula is C19H24N4O4S. The van der Waals surface area contributed by atoms with E-state index in [1.807, 2.05) is 24.3 Å². The molecule has 0 radical (unpaired) electrons. The minimum absolute atomic E-state index is 0.0574. The Morgan fingerprint density at radius 1 is 1.11 bits per heavy atom. The summed E-state index contributed by atoms with van der Waals surface area (Å²) in [7, 11) is -3.13. The molecule has 1 aromatic carbocycles. The standard InChI is InChI=1S/C19H24N4O4S/c24-18-8-7-17(21-23(18)16-9-12-28(26,27)13-16)19(25)20-14-3-5-15(6-4-14)22-10-1-2-11-22/h3-6,16H,1-2,7-13H2,(H,20,25)/t16-/m1/s1. The molecular weight excluding hydrogens is 380 g/mol. The molecule has 4 rings (SSSR count). The van der Waals surface area contributed by atoms with Crippen molar-refractivity contribution in [1.29, 1.82) is 0 Å². The maximum Gasteiger partial charge on any atom is 0.271 e. The molecule has 2 fully saturated rings. The number of nitrogens with one attached hydrogen (secondary N) is 1. The number of hydrogen-bond donors (Lipinski definition) is 1. The van der Waals surface area contributed by atoms with Crippen LogP contribution in [0.5, 0.6) is 0 Å². The number of carbonyl (C=O) groups excluding carboxylic acids is 2. The summed E-state index contributed by atoms with van der Waals surface area (Å²) in [6.45, 7) is 2.12. The van der Waals surface area contributed by atoms with Gasteiger partial charge in [-0.15, -0.1) is 0 Å². The molecule has 2 saturated heterocycles. The van der Waals surface area contributed by atoms with Crippen LogP contribution in [0.3, 0.4) is 0 Å². The van der Waals surface area contributed by atoms with Crippen LogP contribution in [0.1, 0.15) is 32.1 Å². The minimum atomic E-state index is -3.13. The second kappa shape index (κ2) is 7.54. The van der Waals surface area contributed by atoms with Crippen LogP contribution in [-0.2, 0) is 19.4 Å². The summed E-state index contributed by atoms with van der Waals surface area (Å²) in [5.74, 6) is -0.613. The summed E-state index contributed by atoms with van der Waals surface area (Å²) < 4.78 is 23.4. The molecule has 1 aromatic rings. The number of rotatable bonds is 4. The van der Waals surface area contributed by atoms with Crippen molar-refractivity contribution < 1.29 is 18.0 Å². The van der Waals surface area contributed by atoms with Crippen molar-refractivity contribution in [3.8, 4) is 0 Å². The van der Waals surface area contributed by atoms with Gasteiger partial charge >= 0.3 is 0 Å².